The van der Waals surface area contributed by atoms with Crippen molar-refractivity contribution in [1.29, 1.82) is 0 Å². The zero-order valence-electron chi connectivity index (χ0n) is 34.4. The minimum absolute atomic E-state index is 0.0786. The summed E-state index contributed by atoms with van der Waals surface area (Å²) < 4.78 is 32.6. The summed E-state index contributed by atoms with van der Waals surface area (Å²) in [4.78, 5) is 45.9. The van der Waals surface area contributed by atoms with Gasteiger partial charge in [0.15, 0.2) is 6.10 Å². The molecule has 3 atom stereocenters. The zero-order valence-corrected chi connectivity index (χ0v) is 35.3. The maximum Gasteiger partial charge on any atom is 0.472 e. The highest BCUT2D eigenvalue weighted by Crippen LogP contribution is 2.43. The third-order valence-electron chi connectivity index (χ3n) is 8.43. The van der Waals surface area contributed by atoms with Crippen LogP contribution in [0.1, 0.15) is 155 Å². The van der Waals surface area contributed by atoms with Gasteiger partial charge in [-0.3, -0.25) is 23.4 Å². The average molecular weight is 808 g/mol. The second kappa shape index (κ2) is 38.8. The zero-order chi connectivity index (χ0) is 41.4. The molecule has 0 aliphatic heterocycles. The van der Waals surface area contributed by atoms with Crippen molar-refractivity contribution in [1.82, 2.24) is 0 Å². The lowest BCUT2D eigenvalue weighted by Crippen LogP contribution is -2.34. The molecule has 0 fully saturated rings. The molecule has 0 saturated heterocycles. The monoisotopic (exact) mass is 808 g/mol. The van der Waals surface area contributed by atoms with E-state index < -0.39 is 51.1 Å². The molecule has 4 N–H and O–H groups in total. The van der Waals surface area contributed by atoms with Gasteiger partial charge in [-0.15, -0.1) is 0 Å². The molecule has 12 heteroatoms. The summed E-state index contributed by atoms with van der Waals surface area (Å²) in [5.41, 5.74) is 5.32. The Morgan fingerprint density at radius 3 is 1.46 bits per heavy atom. The summed E-state index contributed by atoms with van der Waals surface area (Å²) >= 11 is 0. The number of nitrogens with two attached hydrogens (primary N) is 1. The Morgan fingerprint density at radius 1 is 0.554 bits per heavy atom. The van der Waals surface area contributed by atoms with Crippen LogP contribution in [-0.2, 0) is 37.5 Å². The highest BCUT2D eigenvalue weighted by molar-refractivity contribution is 7.47. The molecule has 3 unspecified atom stereocenters. The number of aliphatic carboxylic acids is 1. The summed E-state index contributed by atoms with van der Waals surface area (Å²) in [6, 6.07) is -1.53. The van der Waals surface area contributed by atoms with Gasteiger partial charge in [-0.2, -0.15) is 0 Å². The summed E-state index contributed by atoms with van der Waals surface area (Å²) in [5, 5.41) is 8.88. The van der Waals surface area contributed by atoms with Crippen LogP contribution in [-0.4, -0.2) is 59.9 Å². The number of hydrogen-bond donors (Lipinski definition) is 3. The maximum absolute atomic E-state index is 12.6. The highest BCUT2D eigenvalue weighted by Gasteiger charge is 2.28. The van der Waals surface area contributed by atoms with Gasteiger partial charge in [0.05, 0.1) is 13.2 Å². The minimum atomic E-state index is -4.74. The van der Waals surface area contributed by atoms with Crippen LogP contribution in [0.15, 0.2) is 72.9 Å². The van der Waals surface area contributed by atoms with E-state index in [1.807, 2.05) is 12.2 Å². The van der Waals surface area contributed by atoms with E-state index in [1.54, 1.807) is 0 Å². The fourth-order valence-corrected chi connectivity index (χ4v) is 5.86. The third kappa shape index (κ3) is 37.8. The largest absolute Gasteiger partial charge is 0.480 e. The van der Waals surface area contributed by atoms with E-state index in [2.05, 4.69) is 79.1 Å². The van der Waals surface area contributed by atoms with Crippen LogP contribution < -0.4 is 5.73 Å². The van der Waals surface area contributed by atoms with Crippen molar-refractivity contribution in [3.8, 4) is 0 Å². The van der Waals surface area contributed by atoms with Gasteiger partial charge in [-0.25, -0.2) is 4.57 Å². The molecule has 0 aromatic carbocycles. The molecular weight excluding hydrogens is 733 g/mol. The van der Waals surface area contributed by atoms with E-state index in [9.17, 15) is 23.8 Å². The number of esters is 2. The van der Waals surface area contributed by atoms with E-state index in [1.165, 1.54) is 38.5 Å². The van der Waals surface area contributed by atoms with Gasteiger partial charge in [-0.1, -0.05) is 132 Å². The van der Waals surface area contributed by atoms with E-state index in [4.69, 9.17) is 24.8 Å². The lowest BCUT2D eigenvalue weighted by atomic mass is 10.1. The maximum atomic E-state index is 12.6. The quantitative estimate of drug-likeness (QED) is 0.0235. The molecule has 0 bridgehead atoms. The number of carboxylic acid groups (broad SMARTS) is 1. The molecule has 320 valence electrons. The highest BCUT2D eigenvalue weighted by atomic mass is 31.2. The summed E-state index contributed by atoms with van der Waals surface area (Å²) in [6.45, 7) is 2.66. The predicted octanol–water partition coefficient (Wildman–Crippen LogP) is 10.9. The molecule has 0 aliphatic rings. The first-order valence-corrected chi connectivity index (χ1v) is 22.5. The van der Waals surface area contributed by atoms with Crippen molar-refractivity contribution in [2.45, 2.75) is 167 Å². The van der Waals surface area contributed by atoms with Gasteiger partial charge in [0.1, 0.15) is 12.6 Å². The molecule has 0 radical (unpaired) electrons. The first kappa shape index (κ1) is 52.9. The summed E-state index contributed by atoms with van der Waals surface area (Å²) in [7, 11) is -4.74. The van der Waals surface area contributed by atoms with E-state index in [-0.39, 0.29) is 19.4 Å². The third-order valence-corrected chi connectivity index (χ3v) is 9.38. The smallest absolute Gasteiger partial charge is 0.472 e. The molecule has 0 aliphatic carbocycles. The van der Waals surface area contributed by atoms with Crippen molar-refractivity contribution < 1.29 is 47.5 Å². The lowest BCUT2D eigenvalue weighted by Gasteiger charge is -2.20. The number of hydrogen-bond acceptors (Lipinski definition) is 9. The number of phosphoric acid groups is 1. The molecule has 0 amide bonds. The molecular formula is C44H74NO10P. The minimum Gasteiger partial charge on any atom is -0.480 e. The second-order valence-corrected chi connectivity index (χ2v) is 15.2. The average Bonchev–Trinajstić information content (AvgIpc) is 3.17. The number of unbranched alkanes of at least 4 members (excludes halogenated alkanes) is 12. The van der Waals surface area contributed by atoms with Gasteiger partial charge < -0.3 is 25.2 Å². The van der Waals surface area contributed by atoms with Crippen LogP contribution in [0, 0.1) is 0 Å². The first-order chi connectivity index (χ1) is 27.1. The molecule has 0 aromatic rings. The number of carboxylic acids is 1. The Balaban J connectivity index is 4.53. The Labute approximate surface area is 338 Å². The fraction of sp³-hybridized carbons (Fsp3) is 0.659. The number of allylic oxidation sites excluding steroid dienone is 12. The number of phosphoric ester groups is 1. The van der Waals surface area contributed by atoms with Gasteiger partial charge in [0.2, 0.25) is 0 Å². The van der Waals surface area contributed by atoms with E-state index >= 15 is 0 Å². The number of ether oxygens (including phenoxy) is 2. The molecule has 0 heterocycles. The van der Waals surface area contributed by atoms with Gasteiger partial charge in [0.25, 0.3) is 0 Å². The van der Waals surface area contributed by atoms with Crippen molar-refractivity contribution >= 4 is 25.7 Å². The standard InChI is InChI=1S/C44H74NO10P/c1-3-5-7-9-11-13-15-17-19-20-22-24-26-28-30-32-34-36-43(47)55-40(38-53-56(50,51)54-39-41(45)44(48)49)37-52-42(46)35-33-31-29-27-25-23-21-18-16-14-12-10-8-6-4-2/h11-14,17-19,21-22,24,28,30,40-41H,3-10,15-16,20,23,25-27,29,31-39,45H2,1-2H3,(H,48,49)(H,50,51). The Kier molecular flexibility index (Phi) is 36.6. The van der Waals surface area contributed by atoms with Crippen LogP contribution in [0.25, 0.3) is 0 Å². The normalized spacial score (nSPS) is 14.5. The SMILES string of the molecule is CCCCCC=CCC=CCC=CCC=CCCCC(=O)OC(COC(=O)CCCCCCCC=CCC=CCCCCC)COP(=O)(O)OCC(N)C(=O)O. The predicted molar refractivity (Wildman–Crippen MR) is 226 cm³/mol. The van der Waals surface area contributed by atoms with Gasteiger partial charge in [-0.05, 0) is 83.5 Å². The first-order valence-electron chi connectivity index (χ1n) is 21.0. The van der Waals surface area contributed by atoms with E-state index in [0.29, 0.717) is 19.3 Å². The Morgan fingerprint density at radius 2 is 0.964 bits per heavy atom. The molecule has 11 nitrogen and oxygen atoms in total. The molecule has 0 saturated carbocycles. The van der Waals surface area contributed by atoms with Gasteiger partial charge >= 0.3 is 25.7 Å². The molecule has 0 aromatic heterocycles. The number of rotatable bonds is 38. The molecule has 0 spiro atoms. The van der Waals surface area contributed by atoms with Gasteiger partial charge in [0, 0.05) is 12.8 Å². The summed E-state index contributed by atoms with van der Waals surface area (Å²) in [5.74, 6) is -2.48. The molecule has 56 heavy (non-hydrogen) atoms. The topological polar surface area (TPSA) is 172 Å². The van der Waals surface area contributed by atoms with Crippen LogP contribution in [0.4, 0.5) is 0 Å². The van der Waals surface area contributed by atoms with Crippen LogP contribution in [0.3, 0.4) is 0 Å². The van der Waals surface area contributed by atoms with Crippen LogP contribution in [0.5, 0.6) is 0 Å². The Bertz CT molecular complexity index is 1230. The summed E-state index contributed by atoms with van der Waals surface area (Å²) in [6.07, 6.45) is 45.4. The van der Waals surface area contributed by atoms with E-state index in [0.717, 1.165) is 70.6 Å². The van der Waals surface area contributed by atoms with Crippen molar-refractivity contribution in [3.05, 3.63) is 72.9 Å². The fourth-order valence-electron chi connectivity index (χ4n) is 5.09. The second-order valence-electron chi connectivity index (χ2n) is 13.8. The number of carbonyl (C=O) groups is 3. The molecule has 0 rings (SSSR count). The lowest BCUT2D eigenvalue weighted by molar-refractivity contribution is -0.161. The van der Waals surface area contributed by atoms with Crippen molar-refractivity contribution in [3.63, 3.8) is 0 Å². The van der Waals surface area contributed by atoms with Crippen LogP contribution in [0.2, 0.25) is 0 Å². The van der Waals surface area contributed by atoms with Crippen LogP contribution >= 0.6 is 7.82 Å². The number of carbonyl (C=O) groups excluding carboxylic acids is 2. The van der Waals surface area contributed by atoms with Crippen molar-refractivity contribution in [2.75, 3.05) is 19.8 Å². The Hall–Kier alpha value is -3.08. The van der Waals surface area contributed by atoms with Crippen molar-refractivity contribution in [2.24, 2.45) is 5.73 Å².